The van der Waals surface area contributed by atoms with Crippen molar-refractivity contribution in [2.24, 2.45) is 0 Å². The molecule has 10 nitrogen and oxygen atoms in total. The van der Waals surface area contributed by atoms with Gasteiger partial charge in [-0.05, 0) is 47.7 Å². The van der Waals surface area contributed by atoms with Crippen molar-refractivity contribution in [2.45, 2.75) is 6.61 Å². The van der Waals surface area contributed by atoms with Gasteiger partial charge in [-0.25, -0.2) is 4.79 Å². The fourth-order valence-electron chi connectivity index (χ4n) is 2.59. The topological polar surface area (TPSA) is 133 Å². The van der Waals surface area contributed by atoms with Crippen LogP contribution in [-0.2, 0) is 20.9 Å². The van der Waals surface area contributed by atoms with Crippen molar-refractivity contribution in [1.29, 1.82) is 0 Å². The van der Waals surface area contributed by atoms with E-state index in [9.17, 15) is 19.2 Å². The van der Waals surface area contributed by atoms with Gasteiger partial charge in [0.2, 0.25) is 5.76 Å². The summed E-state index contributed by atoms with van der Waals surface area (Å²) in [5.74, 6) is -1.61. The number of hydrogen-bond donors (Lipinski definition) is 1. The fourth-order valence-corrected chi connectivity index (χ4v) is 3.43. The van der Waals surface area contributed by atoms with Crippen LogP contribution in [-0.4, -0.2) is 53.9 Å². The van der Waals surface area contributed by atoms with E-state index in [0.29, 0.717) is 22.8 Å². The van der Waals surface area contributed by atoms with Crippen LogP contribution in [0, 0.1) is 0 Å². The number of rotatable bonds is 8. The van der Waals surface area contributed by atoms with Gasteiger partial charge in [0.05, 0.1) is 19.1 Å². The lowest BCUT2D eigenvalue weighted by Gasteiger charge is -2.11. The number of imide groups is 1. The number of esters is 1. The summed E-state index contributed by atoms with van der Waals surface area (Å²) >= 11 is 0.717. The Balaban J connectivity index is 1.73. The molecule has 0 spiro atoms. The van der Waals surface area contributed by atoms with Gasteiger partial charge in [-0.3, -0.25) is 19.3 Å². The minimum absolute atomic E-state index is 0.0184. The van der Waals surface area contributed by atoms with E-state index in [4.69, 9.17) is 19.0 Å². The van der Waals surface area contributed by atoms with E-state index < -0.39 is 29.6 Å². The van der Waals surface area contributed by atoms with Gasteiger partial charge in [-0.1, -0.05) is 6.07 Å². The number of methoxy groups -OCH3 is 2. The highest BCUT2D eigenvalue weighted by atomic mass is 32.2. The molecule has 2 heterocycles. The number of furan rings is 1. The molecule has 1 aromatic heterocycles. The number of carbonyl (C=O) groups is 4. The number of thioether (sulfide) groups is 1. The molecule has 1 saturated heterocycles. The van der Waals surface area contributed by atoms with Crippen molar-refractivity contribution in [3.8, 4) is 11.5 Å². The molecule has 2 amide bonds. The Morgan fingerprint density at radius 3 is 2.58 bits per heavy atom. The molecule has 0 bridgehead atoms. The number of amides is 2. The van der Waals surface area contributed by atoms with Crippen molar-refractivity contribution in [2.75, 3.05) is 20.8 Å². The Labute approximate surface area is 180 Å². The molecule has 0 unspecified atom stereocenters. The van der Waals surface area contributed by atoms with E-state index in [1.807, 2.05) is 0 Å². The molecule has 0 aliphatic carbocycles. The van der Waals surface area contributed by atoms with Gasteiger partial charge in [-0.2, -0.15) is 0 Å². The van der Waals surface area contributed by atoms with Crippen LogP contribution in [0.25, 0.3) is 6.08 Å². The lowest BCUT2D eigenvalue weighted by atomic mass is 10.2. The molecule has 0 atom stereocenters. The summed E-state index contributed by atoms with van der Waals surface area (Å²) in [6.45, 7) is -0.472. The molecule has 162 valence electrons. The molecule has 2 aromatic rings. The summed E-state index contributed by atoms with van der Waals surface area (Å²) in [5, 5.41) is 8.33. The lowest BCUT2D eigenvalue weighted by Crippen LogP contribution is -2.34. The summed E-state index contributed by atoms with van der Waals surface area (Å²) in [4.78, 5) is 47.6. The molecule has 1 aliphatic heterocycles. The Morgan fingerprint density at radius 2 is 1.94 bits per heavy atom. The van der Waals surface area contributed by atoms with Gasteiger partial charge in [0.1, 0.15) is 18.9 Å². The summed E-state index contributed by atoms with van der Waals surface area (Å²) < 4.78 is 20.6. The first-order valence-electron chi connectivity index (χ1n) is 8.77. The molecule has 0 radical (unpaired) electrons. The predicted octanol–water partition coefficient (Wildman–Crippen LogP) is 2.77. The van der Waals surface area contributed by atoms with Crippen molar-refractivity contribution >= 4 is 40.9 Å². The summed E-state index contributed by atoms with van der Waals surface area (Å²) in [6, 6.07) is 7.68. The van der Waals surface area contributed by atoms with Gasteiger partial charge in [-0.15, -0.1) is 0 Å². The van der Waals surface area contributed by atoms with Gasteiger partial charge < -0.3 is 23.7 Å². The number of carboxylic acids is 1. The van der Waals surface area contributed by atoms with Gasteiger partial charge in [0.25, 0.3) is 11.1 Å². The molecule has 31 heavy (non-hydrogen) atoms. The lowest BCUT2D eigenvalue weighted by molar-refractivity contribution is -0.143. The summed E-state index contributed by atoms with van der Waals surface area (Å²) in [7, 11) is 2.61. The van der Waals surface area contributed by atoms with Crippen molar-refractivity contribution in [3.05, 3.63) is 52.3 Å². The van der Waals surface area contributed by atoms with E-state index >= 15 is 0 Å². The number of ether oxygens (including phenoxy) is 3. The van der Waals surface area contributed by atoms with Crippen molar-refractivity contribution in [3.63, 3.8) is 0 Å². The van der Waals surface area contributed by atoms with E-state index in [0.717, 1.165) is 16.7 Å². The molecule has 3 rings (SSSR count). The Bertz CT molecular complexity index is 1070. The van der Waals surface area contributed by atoms with Crippen LogP contribution in [0.1, 0.15) is 21.9 Å². The van der Waals surface area contributed by atoms with Crippen LogP contribution in [0.2, 0.25) is 0 Å². The molecule has 1 N–H and O–H groups in total. The minimum atomic E-state index is -1.18. The normalized spacial score (nSPS) is 14.8. The van der Waals surface area contributed by atoms with E-state index in [1.54, 1.807) is 18.2 Å². The molecule has 1 aromatic carbocycles. The highest BCUT2D eigenvalue weighted by molar-refractivity contribution is 8.18. The number of nitrogens with zero attached hydrogens (tertiary/aromatic N) is 1. The number of aromatic carboxylic acids is 1. The average molecular weight is 447 g/mol. The average Bonchev–Trinajstić information content (AvgIpc) is 3.33. The number of hydrogen-bond acceptors (Lipinski definition) is 9. The Kier molecular flexibility index (Phi) is 6.65. The predicted molar refractivity (Wildman–Crippen MR) is 108 cm³/mol. The van der Waals surface area contributed by atoms with Gasteiger partial charge in [0, 0.05) is 0 Å². The monoisotopic (exact) mass is 447 g/mol. The fraction of sp³-hybridized carbons (Fsp3) is 0.200. The van der Waals surface area contributed by atoms with Crippen molar-refractivity contribution in [1.82, 2.24) is 4.90 Å². The van der Waals surface area contributed by atoms with E-state index in [1.165, 1.54) is 32.4 Å². The van der Waals surface area contributed by atoms with Crippen molar-refractivity contribution < 1.29 is 42.9 Å². The minimum Gasteiger partial charge on any atom is -0.493 e. The largest absolute Gasteiger partial charge is 0.493 e. The quantitative estimate of drug-likeness (QED) is 0.476. The molecule has 11 heteroatoms. The molecular formula is C20H17NO9S. The zero-order valence-electron chi connectivity index (χ0n) is 16.4. The van der Waals surface area contributed by atoms with E-state index in [2.05, 4.69) is 4.74 Å². The molecule has 1 aliphatic rings. The van der Waals surface area contributed by atoms with Crippen LogP contribution < -0.4 is 9.47 Å². The highest BCUT2D eigenvalue weighted by Crippen LogP contribution is 2.34. The molecular weight excluding hydrogens is 430 g/mol. The Hall–Kier alpha value is -3.73. The SMILES string of the molecule is COC(=O)CN1C(=O)S/C(=C/c2ccc(OCc3ccc(C(=O)O)o3)c(OC)c2)C1=O. The first-order chi connectivity index (χ1) is 14.8. The third kappa shape index (κ3) is 5.07. The zero-order valence-corrected chi connectivity index (χ0v) is 17.3. The van der Waals surface area contributed by atoms with Crippen LogP contribution in [0.15, 0.2) is 39.7 Å². The van der Waals surface area contributed by atoms with Gasteiger partial charge >= 0.3 is 11.9 Å². The molecule has 1 fully saturated rings. The zero-order chi connectivity index (χ0) is 22.5. The van der Waals surface area contributed by atoms with Crippen LogP contribution in [0.4, 0.5) is 4.79 Å². The first-order valence-corrected chi connectivity index (χ1v) is 9.59. The van der Waals surface area contributed by atoms with Crippen LogP contribution in [0.3, 0.4) is 0 Å². The first kappa shape index (κ1) is 22.0. The second kappa shape index (κ2) is 9.39. The smallest absolute Gasteiger partial charge is 0.371 e. The summed E-state index contributed by atoms with van der Waals surface area (Å²) in [5.41, 5.74) is 0.568. The standard InChI is InChI=1S/C20H17NO9S/c1-27-15-7-11(8-16-18(23)21(20(26)31-16)9-17(22)28-2)3-5-13(15)29-10-12-4-6-14(30-12)19(24)25/h3-8H,9-10H2,1-2H3,(H,24,25)/b16-8+. The van der Waals surface area contributed by atoms with Crippen LogP contribution in [0.5, 0.6) is 11.5 Å². The maximum absolute atomic E-state index is 12.4. The second-order valence-corrected chi connectivity index (χ2v) is 7.11. The maximum Gasteiger partial charge on any atom is 0.371 e. The number of benzene rings is 1. The number of carbonyl (C=O) groups excluding carboxylic acids is 3. The van der Waals surface area contributed by atoms with Crippen LogP contribution >= 0.6 is 11.8 Å². The Morgan fingerprint density at radius 1 is 1.16 bits per heavy atom. The van der Waals surface area contributed by atoms with Gasteiger partial charge in [0.15, 0.2) is 11.5 Å². The molecule has 0 saturated carbocycles. The third-order valence-electron chi connectivity index (χ3n) is 4.12. The second-order valence-electron chi connectivity index (χ2n) is 6.11. The third-order valence-corrected chi connectivity index (χ3v) is 5.02. The maximum atomic E-state index is 12.4. The number of carboxylic acid groups (broad SMARTS) is 1. The highest BCUT2D eigenvalue weighted by Gasteiger charge is 2.36. The summed E-state index contributed by atoms with van der Waals surface area (Å²) in [6.07, 6.45) is 1.50. The van der Waals surface area contributed by atoms with E-state index in [-0.39, 0.29) is 17.3 Å².